The standard InChI is InChI=1S/C29H33FN4O3S2/c30-20-10-12-21(13-11-20)37-17-4-3-15-31-18-27(35)33-16-14-24-23(19-33)28(36)34(25-8-1-2-9-26(25)38)29(32-24)39-22-6-5-7-22/h1-2,8-13,22,31,38H,3-7,14-19H2. The van der Waals surface area contributed by atoms with E-state index >= 15 is 0 Å². The molecule has 39 heavy (non-hydrogen) atoms. The van der Waals surface area contributed by atoms with Gasteiger partial charge in [0.2, 0.25) is 5.91 Å². The summed E-state index contributed by atoms with van der Waals surface area (Å²) in [5, 5.41) is 4.41. The van der Waals surface area contributed by atoms with Crippen molar-refractivity contribution in [1.29, 1.82) is 0 Å². The van der Waals surface area contributed by atoms with Gasteiger partial charge >= 0.3 is 0 Å². The van der Waals surface area contributed by atoms with E-state index in [1.165, 1.54) is 18.6 Å². The summed E-state index contributed by atoms with van der Waals surface area (Å²) in [6.07, 6.45) is 5.71. The Hall–Kier alpha value is -2.82. The second-order valence-corrected chi connectivity index (χ2v) is 11.6. The Bertz CT molecular complexity index is 1360. The number of halogens is 1. The SMILES string of the molecule is O=C(CNCCCCOc1ccc(F)cc1)N1CCc2nc(SC3CCC3)n(-c3ccccc3S)c(=O)c2C1. The zero-order chi connectivity index (χ0) is 27.2. The van der Waals surface area contributed by atoms with E-state index < -0.39 is 0 Å². The van der Waals surface area contributed by atoms with Crippen LogP contribution in [-0.2, 0) is 17.8 Å². The summed E-state index contributed by atoms with van der Waals surface area (Å²) < 4.78 is 20.3. The lowest BCUT2D eigenvalue weighted by Crippen LogP contribution is -2.44. The molecule has 2 aliphatic rings. The van der Waals surface area contributed by atoms with Crippen LogP contribution in [0.5, 0.6) is 5.75 Å². The highest BCUT2D eigenvalue weighted by Gasteiger charge is 2.29. The fraction of sp³-hybridized carbons (Fsp3) is 0.414. The number of hydrogen-bond donors (Lipinski definition) is 2. The number of amides is 1. The molecule has 3 aromatic rings. The van der Waals surface area contributed by atoms with Gasteiger partial charge in [-0.05, 0) is 68.6 Å². The number of aromatic nitrogens is 2. The molecule has 0 unspecified atom stereocenters. The van der Waals surface area contributed by atoms with E-state index in [0.29, 0.717) is 47.6 Å². The van der Waals surface area contributed by atoms with E-state index in [0.717, 1.165) is 42.2 Å². The molecule has 1 aliphatic carbocycles. The van der Waals surface area contributed by atoms with Gasteiger partial charge in [-0.25, -0.2) is 9.37 Å². The molecule has 206 valence electrons. The third-order valence-electron chi connectivity index (χ3n) is 7.11. The highest BCUT2D eigenvalue weighted by molar-refractivity contribution is 7.99. The van der Waals surface area contributed by atoms with Crippen LogP contribution in [0.4, 0.5) is 4.39 Å². The predicted molar refractivity (Wildman–Crippen MR) is 154 cm³/mol. The maximum Gasteiger partial charge on any atom is 0.264 e. The molecule has 1 fully saturated rings. The molecule has 1 N–H and O–H groups in total. The number of carbonyl (C=O) groups is 1. The van der Waals surface area contributed by atoms with Crippen molar-refractivity contribution >= 4 is 30.3 Å². The zero-order valence-electron chi connectivity index (χ0n) is 21.8. The summed E-state index contributed by atoms with van der Waals surface area (Å²) in [4.78, 5) is 34.2. The van der Waals surface area contributed by atoms with Crippen molar-refractivity contribution in [2.75, 3.05) is 26.2 Å². The quantitative estimate of drug-likeness (QED) is 0.200. The topological polar surface area (TPSA) is 76.5 Å². The molecule has 0 atom stereocenters. The molecule has 0 saturated heterocycles. The second kappa shape index (κ2) is 13.0. The van der Waals surface area contributed by atoms with E-state index in [-0.39, 0.29) is 30.4 Å². The number of nitrogens with zero attached hydrogens (tertiary/aromatic N) is 3. The van der Waals surface area contributed by atoms with Crippen LogP contribution in [0.25, 0.3) is 5.69 Å². The summed E-state index contributed by atoms with van der Waals surface area (Å²) in [5.74, 6) is 0.327. The summed E-state index contributed by atoms with van der Waals surface area (Å²) in [6, 6.07) is 13.5. The molecule has 1 amide bonds. The van der Waals surface area contributed by atoms with E-state index in [1.54, 1.807) is 33.4 Å². The molecule has 5 rings (SSSR count). The van der Waals surface area contributed by atoms with Gasteiger partial charge < -0.3 is 15.0 Å². The normalized spacial score (nSPS) is 15.1. The second-order valence-electron chi connectivity index (χ2n) is 9.87. The zero-order valence-corrected chi connectivity index (χ0v) is 23.5. The molecule has 2 aromatic carbocycles. The first-order chi connectivity index (χ1) is 19.0. The number of ether oxygens (including phenoxy) is 1. The fourth-order valence-electron chi connectivity index (χ4n) is 4.63. The average Bonchev–Trinajstić information content (AvgIpc) is 2.92. The Morgan fingerprint density at radius 2 is 1.95 bits per heavy atom. The lowest BCUT2D eigenvalue weighted by atomic mass is 10.0. The van der Waals surface area contributed by atoms with Crippen molar-refractivity contribution in [3.63, 3.8) is 0 Å². The van der Waals surface area contributed by atoms with Gasteiger partial charge in [-0.15, -0.1) is 12.6 Å². The molecular weight excluding hydrogens is 535 g/mol. The molecule has 0 spiro atoms. The highest BCUT2D eigenvalue weighted by atomic mass is 32.2. The van der Waals surface area contributed by atoms with Gasteiger partial charge in [0.1, 0.15) is 11.6 Å². The van der Waals surface area contributed by atoms with Crippen LogP contribution in [0.3, 0.4) is 0 Å². The van der Waals surface area contributed by atoms with Crippen molar-refractivity contribution < 1.29 is 13.9 Å². The van der Waals surface area contributed by atoms with Crippen molar-refractivity contribution in [3.8, 4) is 11.4 Å². The number of fused-ring (bicyclic) bond motifs is 1. The van der Waals surface area contributed by atoms with Crippen LogP contribution in [0.15, 0.2) is 63.4 Å². The Morgan fingerprint density at radius 1 is 1.15 bits per heavy atom. The van der Waals surface area contributed by atoms with E-state index in [2.05, 4.69) is 17.9 Å². The Balaban J connectivity index is 1.17. The van der Waals surface area contributed by atoms with Gasteiger partial charge in [-0.3, -0.25) is 14.2 Å². The largest absolute Gasteiger partial charge is 0.494 e. The molecule has 1 aliphatic heterocycles. The molecule has 1 saturated carbocycles. The van der Waals surface area contributed by atoms with Crippen LogP contribution >= 0.6 is 24.4 Å². The Labute approximate surface area is 237 Å². The number of nitrogens with one attached hydrogen (secondary N) is 1. The number of hydrogen-bond acceptors (Lipinski definition) is 7. The first-order valence-electron chi connectivity index (χ1n) is 13.5. The monoisotopic (exact) mass is 568 g/mol. The van der Waals surface area contributed by atoms with Crippen molar-refractivity contribution in [2.24, 2.45) is 0 Å². The molecule has 10 heteroatoms. The Kier molecular flexibility index (Phi) is 9.26. The minimum Gasteiger partial charge on any atom is -0.494 e. The number of rotatable bonds is 11. The smallest absolute Gasteiger partial charge is 0.264 e. The highest BCUT2D eigenvalue weighted by Crippen LogP contribution is 2.37. The molecule has 0 radical (unpaired) electrons. The van der Waals surface area contributed by atoms with Crippen LogP contribution in [0, 0.1) is 5.82 Å². The molecular formula is C29H33FN4O3S2. The van der Waals surface area contributed by atoms with Gasteiger partial charge in [-0.2, -0.15) is 0 Å². The van der Waals surface area contributed by atoms with Crippen molar-refractivity contribution in [1.82, 2.24) is 19.8 Å². The molecule has 0 bridgehead atoms. The molecule has 7 nitrogen and oxygen atoms in total. The first-order valence-corrected chi connectivity index (χ1v) is 14.8. The minimum atomic E-state index is -0.286. The Morgan fingerprint density at radius 3 is 2.69 bits per heavy atom. The number of thioether (sulfide) groups is 1. The minimum absolute atomic E-state index is 0.0309. The van der Waals surface area contributed by atoms with Crippen LogP contribution in [-0.4, -0.2) is 51.8 Å². The van der Waals surface area contributed by atoms with E-state index in [9.17, 15) is 14.0 Å². The summed E-state index contributed by atoms with van der Waals surface area (Å²) in [5.41, 5.74) is 1.99. The first kappa shape index (κ1) is 27.7. The van der Waals surface area contributed by atoms with Gasteiger partial charge in [0.05, 0.1) is 36.6 Å². The number of benzene rings is 2. The van der Waals surface area contributed by atoms with Crippen molar-refractivity contribution in [3.05, 3.63) is 76.0 Å². The van der Waals surface area contributed by atoms with Gasteiger partial charge in [0.15, 0.2) is 5.16 Å². The number of thiol groups is 1. The van der Waals surface area contributed by atoms with Gasteiger partial charge in [0.25, 0.3) is 5.56 Å². The summed E-state index contributed by atoms with van der Waals surface area (Å²) in [7, 11) is 0. The van der Waals surface area contributed by atoms with Gasteiger partial charge in [0, 0.05) is 23.1 Å². The third-order valence-corrected chi connectivity index (χ3v) is 8.77. The maximum absolute atomic E-state index is 13.8. The lowest BCUT2D eigenvalue weighted by Gasteiger charge is -2.30. The predicted octanol–water partition coefficient (Wildman–Crippen LogP) is 4.64. The average molecular weight is 569 g/mol. The molecule has 1 aromatic heterocycles. The number of unbranched alkanes of at least 4 members (excludes halogenated alkanes) is 1. The van der Waals surface area contributed by atoms with Crippen LogP contribution < -0.4 is 15.6 Å². The van der Waals surface area contributed by atoms with E-state index in [1.807, 2.05) is 24.3 Å². The lowest BCUT2D eigenvalue weighted by molar-refractivity contribution is -0.131. The van der Waals surface area contributed by atoms with Crippen LogP contribution in [0.2, 0.25) is 0 Å². The number of para-hydroxylation sites is 1. The fourth-order valence-corrected chi connectivity index (χ4v) is 6.21. The van der Waals surface area contributed by atoms with Crippen molar-refractivity contribution in [2.45, 2.75) is 60.4 Å². The van der Waals surface area contributed by atoms with Gasteiger partial charge in [-0.1, -0.05) is 30.3 Å². The third kappa shape index (κ3) is 6.85. The summed E-state index contributed by atoms with van der Waals surface area (Å²) in [6.45, 7) is 2.23. The van der Waals surface area contributed by atoms with Crippen LogP contribution in [0.1, 0.15) is 43.4 Å². The molecule has 2 heterocycles. The number of carbonyl (C=O) groups excluding carboxylic acids is 1. The summed E-state index contributed by atoms with van der Waals surface area (Å²) >= 11 is 6.28. The maximum atomic E-state index is 13.8. The van der Waals surface area contributed by atoms with E-state index in [4.69, 9.17) is 9.72 Å².